The monoisotopic (exact) mass is 2060 g/mol. The molecule has 42 nitrogen and oxygen atoms in total. The van der Waals surface area contributed by atoms with E-state index in [1.807, 2.05) is 31.2 Å². The highest BCUT2D eigenvalue weighted by molar-refractivity contribution is 7.59. The van der Waals surface area contributed by atoms with Crippen molar-refractivity contribution in [1.82, 2.24) is 107 Å². The largest absolute Gasteiger partial charge is 0.495 e. The first-order chi connectivity index (χ1) is 67.4. The van der Waals surface area contributed by atoms with Crippen LogP contribution in [0.3, 0.4) is 0 Å². The fraction of sp³-hybridized carbons (Fsp3) is 0.619. The predicted octanol–water partition coefficient (Wildman–Crippen LogP) is 12.1. The number of fused-ring (bicyclic) bond motifs is 6. The van der Waals surface area contributed by atoms with Gasteiger partial charge in [-0.15, -0.1) is 30.6 Å². The minimum atomic E-state index is -1.44. The molecule has 9 amide bonds. The second kappa shape index (κ2) is 45.9. The molecule has 4 aliphatic carbocycles. The van der Waals surface area contributed by atoms with E-state index in [0.717, 1.165) is 77.0 Å². The molecule has 776 valence electrons. The topological polar surface area (TPSA) is 534 Å². The van der Waals surface area contributed by atoms with Crippen LogP contribution in [0.5, 0.6) is 17.2 Å². The highest BCUT2D eigenvalue weighted by atomic mass is 35.5. The van der Waals surface area contributed by atoms with Gasteiger partial charge in [-0.25, -0.2) is 28.8 Å². The maximum Gasteiger partial charge on any atom is 0.408 e. The number of carboxylic acids is 3. The molecular formula is C97H130Cl3N21O21S. The Morgan fingerprint density at radius 2 is 0.769 bits per heavy atom. The van der Waals surface area contributed by atoms with E-state index >= 15 is 0 Å². The van der Waals surface area contributed by atoms with Crippen LogP contribution in [0, 0.1) is 23.7 Å². The third-order valence-electron chi connectivity index (χ3n) is 26.9. The van der Waals surface area contributed by atoms with Gasteiger partial charge in [0.1, 0.15) is 86.9 Å². The van der Waals surface area contributed by atoms with Crippen LogP contribution < -0.4 is 46.1 Å². The van der Waals surface area contributed by atoms with E-state index in [0.29, 0.717) is 131 Å². The Labute approximate surface area is 850 Å². The van der Waals surface area contributed by atoms with E-state index < -0.39 is 159 Å². The summed E-state index contributed by atoms with van der Waals surface area (Å²) in [5.41, 5.74) is -4.76. The van der Waals surface area contributed by atoms with Crippen molar-refractivity contribution >= 4 is 120 Å². The van der Waals surface area contributed by atoms with Crippen molar-refractivity contribution in [2.24, 2.45) is 23.7 Å². The summed E-state index contributed by atoms with van der Waals surface area (Å²) in [5.74, 6) is -4.27. The molecule has 0 bridgehead atoms. The first kappa shape index (κ1) is 108. The van der Waals surface area contributed by atoms with Crippen LogP contribution >= 0.6 is 48.3 Å². The molecule has 9 N–H and O–H groups in total. The summed E-state index contributed by atoms with van der Waals surface area (Å²) < 4.78 is 32.9. The number of nitrogens with zero attached hydrogens (tertiary/aromatic N) is 15. The third kappa shape index (κ3) is 27.2. The molecule has 3 aromatic carbocycles. The number of methoxy groups -OCH3 is 1. The quantitative estimate of drug-likeness (QED) is 0.0285. The predicted molar refractivity (Wildman–Crippen MR) is 525 cm³/mol. The Kier molecular flexibility index (Phi) is 34.8. The molecule has 0 spiro atoms. The first-order valence-corrected chi connectivity index (χ1v) is 50.1. The molecule has 8 fully saturated rings. The molecule has 16 rings (SSSR count). The van der Waals surface area contributed by atoms with Crippen LogP contribution in [-0.4, -0.2) is 272 Å². The lowest BCUT2D eigenvalue weighted by molar-refractivity contribution is -0.146. The zero-order chi connectivity index (χ0) is 102. The van der Waals surface area contributed by atoms with Gasteiger partial charge < -0.3 is 90.3 Å². The summed E-state index contributed by atoms with van der Waals surface area (Å²) in [5, 5.41) is 87.0. The fourth-order valence-corrected chi connectivity index (χ4v) is 19.7. The number of aromatic nitrogens is 12. The van der Waals surface area contributed by atoms with Gasteiger partial charge in [-0.1, -0.05) is 117 Å². The molecule has 4 saturated heterocycles. The average Bonchev–Trinajstić information content (AvgIpc) is 1.59. The Balaban J connectivity index is 0.000000179. The molecule has 9 heterocycles. The van der Waals surface area contributed by atoms with Gasteiger partial charge in [0.05, 0.1) is 53.5 Å². The minimum Gasteiger partial charge on any atom is -0.495 e. The Bertz CT molecular complexity index is 5720. The van der Waals surface area contributed by atoms with Crippen molar-refractivity contribution in [3.8, 4) is 51.4 Å². The van der Waals surface area contributed by atoms with Gasteiger partial charge in [-0.05, 0) is 235 Å². The van der Waals surface area contributed by atoms with Crippen molar-refractivity contribution in [2.45, 2.75) is 318 Å². The van der Waals surface area contributed by atoms with E-state index in [1.165, 1.54) is 36.2 Å². The molecule has 15 atom stereocenters. The van der Waals surface area contributed by atoms with E-state index in [9.17, 15) is 72.9 Å². The number of carboxylic acid groups (broad SMARTS) is 3. The number of benzene rings is 3. The first-order valence-electron chi connectivity index (χ1n) is 48.9. The zero-order valence-corrected chi connectivity index (χ0v) is 85.5. The van der Waals surface area contributed by atoms with Crippen LogP contribution in [0.1, 0.15) is 248 Å². The molecule has 46 heteroatoms. The molecule has 0 radical (unpaired) electrons. The smallest absolute Gasteiger partial charge is 0.408 e. The number of rotatable bonds is 18. The van der Waals surface area contributed by atoms with Gasteiger partial charge in [-0.2, -0.15) is 27.9 Å². The zero-order valence-electron chi connectivity index (χ0n) is 82.3. The van der Waals surface area contributed by atoms with Crippen LogP contribution in [-0.2, 0) is 57.4 Å². The Morgan fingerprint density at radius 1 is 0.441 bits per heavy atom. The molecule has 6 aromatic rings. The van der Waals surface area contributed by atoms with E-state index in [1.54, 1.807) is 117 Å². The highest BCUT2D eigenvalue weighted by Crippen LogP contribution is 2.50. The summed E-state index contributed by atoms with van der Waals surface area (Å²) in [6.45, 7) is 18.7. The van der Waals surface area contributed by atoms with E-state index in [-0.39, 0.29) is 88.8 Å². The number of hydrogen-bond acceptors (Lipinski definition) is 27. The lowest BCUT2D eigenvalue weighted by atomic mass is 10.0. The number of carbonyl (C=O) groups excluding carboxylic acids is 9. The normalized spacial score (nSPS) is 27.5. The molecule has 6 aliphatic heterocycles. The van der Waals surface area contributed by atoms with Crippen LogP contribution in [0.2, 0.25) is 15.1 Å². The second-order valence-corrected chi connectivity index (χ2v) is 42.4. The SMILES string of the molecule is CC(C)(C)OC(=O)N[C@@H]1CCCCC/C=C\[C@@H]2C[C@]2(C(=O)O)NC(=O)[C@@H]2C[C@H](n3nnc(-c4ccc(OCC5CC5)c(Cl)c4)n3)CN2C1=O.CCOc1ccc(-c2nnn([C@@H]3C[C@H]4C(=O)N[C@]5(C(=O)O)C[C@H]5CCCCCCCC(NC(=O)OC(C)(C)C)C(=O)N4C3)n2)cc1Cl.COc1ccc(-c2nnn(C3C[C@H]4C(=O)N[C@@]5(C(=O)O)C[C@H]5/C=C\CCCCC[C@@H](NC(=O)OC(C)(C)C)C(=O)N4C3)n2)cc1Cl.S. The lowest BCUT2D eigenvalue weighted by Crippen LogP contribution is -2.56. The maximum atomic E-state index is 14.2. The number of ether oxygens (including phenoxy) is 6. The number of carbonyl (C=O) groups is 12. The van der Waals surface area contributed by atoms with E-state index in [2.05, 4.69) is 78.1 Å². The van der Waals surface area contributed by atoms with Crippen LogP contribution in [0.15, 0.2) is 78.9 Å². The molecule has 4 saturated carbocycles. The number of amides is 9. The minimum absolute atomic E-state index is 0. The number of allylic oxidation sites excluding steroid dienone is 2. The average molecular weight is 2060 g/mol. The van der Waals surface area contributed by atoms with Gasteiger partial charge in [0.25, 0.3) is 0 Å². The van der Waals surface area contributed by atoms with Gasteiger partial charge in [0.15, 0.2) is 0 Å². The Morgan fingerprint density at radius 3 is 1.10 bits per heavy atom. The number of alkyl carbamates (subject to hydrolysis) is 3. The summed E-state index contributed by atoms with van der Waals surface area (Å²) in [6.07, 6.45) is 20.9. The Hall–Kier alpha value is -12.0. The standard InChI is InChI=1S/C34H44ClN7O7.C32H44ClN7O7.C31H40ClN7O7.H2S/c1-33(2,3)49-32(47)36-25-10-8-6-4-5-7-9-22-17-34(22,31(45)46)37-29(43)26-16-23(18-41(26)30(25)44)42-39-28(38-40-42)21-13-14-27(24(35)15-21)48-19-20-11-12-20;1-5-46-25-14-13-19(15-22(25)33)26-36-38-40(37-26)21-16-24-27(41)35-32(29(43)44)17-20(32)11-9-7-6-8-10-12-23(28(42)39(24)18-21)34-30(45)47-31(2,3)4;1-30(2,3)46-29(44)33-22-11-9-7-5-6-8-10-19-16-31(19,28(42)43)34-26(40)23-15-20(17-38(23)27(22)41)39-36-25(35-37-39)18-12-13-24(45-4)21(32)14-18;/h7,9,13-15,20,22-23,25-26H,4-6,8,10-12,16-19H2,1-3H3,(H,36,47)(H,37,43)(H,45,46);13-15,20-21,23-24H,5-12,16-18H2,1-4H3,(H,34,45)(H,35,41)(H,43,44);8,10,12-14,19-20,22-23H,5-7,9,11,15-17H2,1-4H3,(H,33,44)(H,34,40)(H,42,43);1H2/b9-7-;;10-8-;/t22-,23+,25-,26+,34+;20-,21-,23?,24+,32-;19-,20?,22-,23+,31+;/m111./s1. The van der Waals surface area contributed by atoms with E-state index in [4.69, 9.17) is 63.2 Å². The number of hydrogen-bond donors (Lipinski definition) is 9. The van der Waals surface area contributed by atoms with Crippen molar-refractivity contribution < 1.29 is 101 Å². The molecular weight excluding hydrogens is 1930 g/mol. The van der Waals surface area contributed by atoms with Gasteiger partial charge in [0.2, 0.25) is 52.9 Å². The highest BCUT2D eigenvalue weighted by Gasteiger charge is 2.65. The fourth-order valence-electron chi connectivity index (χ4n) is 18.9. The maximum absolute atomic E-state index is 14.2. The second-order valence-electron chi connectivity index (χ2n) is 41.2. The van der Waals surface area contributed by atoms with Gasteiger partial charge in [0, 0.05) is 67.4 Å². The molecule has 143 heavy (non-hydrogen) atoms. The lowest BCUT2D eigenvalue weighted by Gasteiger charge is -2.30. The van der Waals surface area contributed by atoms with Crippen molar-refractivity contribution in [3.05, 3.63) is 94.0 Å². The summed E-state index contributed by atoms with van der Waals surface area (Å²) in [7, 11) is 1.51. The van der Waals surface area contributed by atoms with Crippen molar-refractivity contribution in [1.29, 1.82) is 0 Å². The van der Waals surface area contributed by atoms with Crippen LogP contribution in [0.4, 0.5) is 14.4 Å². The molecule has 10 aliphatic rings. The van der Waals surface area contributed by atoms with Crippen molar-refractivity contribution in [3.63, 3.8) is 0 Å². The number of nitrogens with one attached hydrogen (secondary N) is 6. The van der Waals surface area contributed by atoms with Gasteiger partial charge >= 0.3 is 36.2 Å². The molecule has 3 aromatic heterocycles. The number of halogens is 3. The molecule has 2 unspecified atom stereocenters. The third-order valence-corrected chi connectivity index (χ3v) is 27.8. The van der Waals surface area contributed by atoms with Crippen LogP contribution in [0.25, 0.3) is 34.2 Å². The summed E-state index contributed by atoms with van der Waals surface area (Å²) >= 11 is 19.2. The van der Waals surface area contributed by atoms with Crippen molar-refractivity contribution in [2.75, 3.05) is 40.0 Å². The van der Waals surface area contributed by atoms with Gasteiger partial charge in [-0.3, -0.25) is 28.8 Å². The number of aliphatic carboxylic acids is 3. The summed E-state index contributed by atoms with van der Waals surface area (Å²) in [4.78, 5) is 168. The number of tetrazole rings is 3. The summed E-state index contributed by atoms with van der Waals surface area (Å²) in [6, 6.07) is 7.84.